The number of aryl methyl sites for hydroxylation is 1. The fourth-order valence-corrected chi connectivity index (χ4v) is 5.14. The lowest BCUT2D eigenvalue weighted by molar-refractivity contribution is -0.132. The molecule has 0 radical (unpaired) electrons. The number of hydrogen-bond donors (Lipinski definition) is 2. The summed E-state index contributed by atoms with van der Waals surface area (Å²) < 4.78 is 11.2. The molecule has 1 unspecified atom stereocenters. The first kappa shape index (κ1) is 26.3. The maximum Gasteiger partial charge on any atom is 0.219 e. The number of aliphatic hydroxyl groups is 2. The van der Waals surface area contributed by atoms with Gasteiger partial charge in [0.05, 0.1) is 19.3 Å². The molecule has 2 saturated heterocycles. The van der Waals surface area contributed by atoms with Gasteiger partial charge in [-0.2, -0.15) is 0 Å². The Hall–Kier alpha value is -2.81. The second-order valence-corrected chi connectivity index (χ2v) is 10.4. The third-order valence-electron chi connectivity index (χ3n) is 7.31. The lowest BCUT2D eigenvalue weighted by Crippen LogP contribution is -2.55. The van der Waals surface area contributed by atoms with Crippen molar-refractivity contribution < 1.29 is 24.5 Å². The SMILES string of the molecule is COc1ccc(N2CCC(O)(CN3CCN(C(C)=O)CC(O)(COc4ccc(C)cc4)C3)CC2)cc1. The molecule has 196 valence electrons. The zero-order chi connectivity index (χ0) is 25.8. The van der Waals surface area contributed by atoms with Crippen molar-refractivity contribution in [1.82, 2.24) is 9.80 Å². The lowest BCUT2D eigenvalue weighted by Gasteiger charge is -2.42. The van der Waals surface area contributed by atoms with Gasteiger partial charge in [-0.25, -0.2) is 0 Å². The zero-order valence-electron chi connectivity index (χ0n) is 21.7. The minimum absolute atomic E-state index is 0.0695. The molecule has 1 amide bonds. The van der Waals surface area contributed by atoms with Gasteiger partial charge in [-0.3, -0.25) is 9.69 Å². The van der Waals surface area contributed by atoms with E-state index in [1.165, 1.54) is 6.92 Å². The summed E-state index contributed by atoms with van der Waals surface area (Å²) in [7, 11) is 1.66. The lowest BCUT2D eigenvalue weighted by atomic mass is 9.90. The molecular weight excluding hydrogens is 458 g/mol. The van der Waals surface area contributed by atoms with Crippen molar-refractivity contribution in [2.24, 2.45) is 0 Å². The summed E-state index contributed by atoms with van der Waals surface area (Å²) in [5.74, 6) is 1.44. The standard InChI is InChI=1S/C28H39N3O5/c1-22-4-8-26(9-5-22)36-21-28(34)19-29(16-17-31(20-28)23(2)32)18-27(33)12-14-30(15-13-27)24-6-10-25(35-3)11-7-24/h4-11,33-34H,12-21H2,1-3H3. The highest BCUT2D eigenvalue weighted by Crippen LogP contribution is 2.29. The minimum Gasteiger partial charge on any atom is -0.497 e. The molecule has 36 heavy (non-hydrogen) atoms. The highest BCUT2D eigenvalue weighted by Gasteiger charge is 2.40. The van der Waals surface area contributed by atoms with Crippen LogP contribution in [0.15, 0.2) is 48.5 Å². The van der Waals surface area contributed by atoms with E-state index < -0.39 is 11.2 Å². The van der Waals surface area contributed by atoms with Crippen LogP contribution in [-0.4, -0.2) is 96.7 Å². The molecule has 2 aliphatic heterocycles. The number of carbonyl (C=O) groups is 1. The number of nitrogens with zero attached hydrogens (tertiary/aromatic N) is 3. The van der Waals surface area contributed by atoms with E-state index in [0.717, 1.165) is 30.1 Å². The van der Waals surface area contributed by atoms with Gasteiger partial charge in [0.2, 0.25) is 5.91 Å². The number of β-amino-alcohol motifs (C(OH)–C–C–N with tert-alkyl or cyclic N) is 2. The largest absolute Gasteiger partial charge is 0.497 e. The van der Waals surface area contributed by atoms with Crippen molar-refractivity contribution in [1.29, 1.82) is 0 Å². The molecular formula is C28H39N3O5. The highest BCUT2D eigenvalue weighted by molar-refractivity contribution is 5.73. The van der Waals surface area contributed by atoms with Crippen LogP contribution in [0.2, 0.25) is 0 Å². The second-order valence-electron chi connectivity index (χ2n) is 10.4. The van der Waals surface area contributed by atoms with Crippen LogP contribution < -0.4 is 14.4 Å². The smallest absolute Gasteiger partial charge is 0.219 e. The molecule has 0 aromatic heterocycles. The number of hydrogen-bond acceptors (Lipinski definition) is 7. The first-order valence-corrected chi connectivity index (χ1v) is 12.7. The number of amides is 1. The predicted octanol–water partition coefficient (Wildman–Crippen LogP) is 2.31. The molecule has 2 fully saturated rings. The average molecular weight is 498 g/mol. The molecule has 0 spiro atoms. The summed E-state index contributed by atoms with van der Waals surface area (Å²) >= 11 is 0. The van der Waals surface area contributed by atoms with Gasteiger partial charge < -0.3 is 29.5 Å². The van der Waals surface area contributed by atoms with Gasteiger partial charge in [0.1, 0.15) is 23.7 Å². The second kappa shape index (κ2) is 11.1. The number of anilines is 1. The third kappa shape index (κ3) is 6.69. The Labute approximate surface area is 214 Å². The van der Waals surface area contributed by atoms with Gasteiger partial charge in [0.25, 0.3) is 0 Å². The molecule has 0 aliphatic carbocycles. The van der Waals surface area contributed by atoms with Gasteiger partial charge in [-0.05, 0) is 56.2 Å². The average Bonchev–Trinajstić information content (AvgIpc) is 3.03. The predicted molar refractivity (Wildman–Crippen MR) is 140 cm³/mol. The van der Waals surface area contributed by atoms with Gasteiger partial charge in [-0.15, -0.1) is 0 Å². The van der Waals surface area contributed by atoms with Crippen molar-refractivity contribution in [3.05, 3.63) is 54.1 Å². The molecule has 0 saturated carbocycles. The summed E-state index contributed by atoms with van der Waals surface area (Å²) in [6.07, 6.45) is 1.26. The van der Waals surface area contributed by atoms with Crippen molar-refractivity contribution in [2.75, 3.05) is 64.4 Å². The normalized spacial score (nSPS) is 22.7. The molecule has 8 nitrogen and oxygen atoms in total. The zero-order valence-corrected chi connectivity index (χ0v) is 21.7. The topological polar surface area (TPSA) is 85.7 Å². The summed E-state index contributed by atoms with van der Waals surface area (Å²) in [5.41, 5.74) is 0.156. The Morgan fingerprint density at radius 1 is 0.889 bits per heavy atom. The van der Waals surface area contributed by atoms with E-state index in [0.29, 0.717) is 44.8 Å². The van der Waals surface area contributed by atoms with E-state index in [1.54, 1.807) is 12.0 Å². The van der Waals surface area contributed by atoms with Crippen LogP contribution in [0, 0.1) is 6.92 Å². The van der Waals surface area contributed by atoms with Crippen LogP contribution in [0.4, 0.5) is 5.69 Å². The summed E-state index contributed by atoms with van der Waals surface area (Å²) in [4.78, 5) is 18.3. The van der Waals surface area contributed by atoms with Crippen LogP contribution in [0.5, 0.6) is 11.5 Å². The van der Waals surface area contributed by atoms with Crippen molar-refractivity contribution in [3.8, 4) is 11.5 Å². The van der Waals surface area contributed by atoms with E-state index in [-0.39, 0.29) is 19.1 Å². The Bertz CT molecular complexity index is 1000. The Morgan fingerprint density at radius 2 is 1.53 bits per heavy atom. The summed E-state index contributed by atoms with van der Waals surface area (Å²) in [6, 6.07) is 15.7. The number of methoxy groups -OCH3 is 1. The quantitative estimate of drug-likeness (QED) is 0.607. The van der Waals surface area contributed by atoms with Crippen LogP contribution in [0.1, 0.15) is 25.3 Å². The van der Waals surface area contributed by atoms with Crippen LogP contribution in [0.3, 0.4) is 0 Å². The Balaban J connectivity index is 1.39. The van der Waals surface area contributed by atoms with Crippen molar-refractivity contribution in [2.45, 2.75) is 37.9 Å². The maximum absolute atomic E-state index is 12.2. The maximum atomic E-state index is 12.2. The number of ether oxygens (including phenoxy) is 2. The molecule has 8 heteroatoms. The number of piperidine rings is 1. The highest BCUT2D eigenvalue weighted by atomic mass is 16.5. The van der Waals surface area contributed by atoms with Crippen LogP contribution in [-0.2, 0) is 4.79 Å². The van der Waals surface area contributed by atoms with Crippen LogP contribution >= 0.6 is 0 Å². The van der Waals surface area contributed by atoms with Crippen molar-refractivity contribution >= 4 is 11.6 Å². The van der Waals surface area contributed by atoms with E-state index in [2.05, 4.69) is 9.80 Å². The molecule has 1 atom stereocenters. The van der Waals surface area contributed by atoms with Gasteiger partial charge in [-0.1, -0.05) is 17.7 Å². The molecule has 4 rings (SSSR count). The first-order valence-electron chi connectivity index (χ1n) is 12.7. The number of benzene rings is 2. The third-order valence-corrected chi connectivity index (χ3v) is 7.31. The van der Waals surface area contributed by atoms with Gasteiger partial charge in [0.15, 0.2) is 0 Å². The molecule has 2 aliphatic rings. The molecule has 2 heterocycles. The van der Waals surface area contributed by atoms with Gasteiger partial charge in [0, 0.05) is 51.9 Å². The van der Waals surface area contributed by atoms with E-state index in [1.807, 2.05) is 55.5 Å². The van der Waals surface area contributed by atoms with Gasteiger partial charge >= 0.3 is 0 Å². The number of rotatable bonds is 7. The first-order chi connectivity index (χ1) is 17.2. The molecule has 2 aromatic rings. The van der Waals surface area contributed by atoms with Crippen LogP contribution in [0.25, 0.3) is 0 Å². The summed E-state index contributed by atoms with van der Waals surface area (Å²) in [6.45, 7) is 7.18. The van der Waals surface area contributed by atoms with E-state index >= 15 is 0 Å². The van der Waals surface area contributed by atoms with E-state index in [4.69, 9.17) is 9.47 Å². The molecule has 2 aromatic carbocycles. The fourth-order valence-electron chi connectivity index (χ4n) is 5.14. The monoisotopic (exact) mass is 497 g/mol. The van der Waals surface area contributed by atoms with Crippen molar-refractivity contribution in [3.63, 3.8) is 0 Å². The van der Waals surface area contributed by atoms with E-state index in [9.17, 15) is 15.0 Å². The molecule has 0 bridgehead atoms. The molecule has 2 N–H and O–H groups in total. The fraction of sp³-hybridized carbons (Fsp3) is 0.536. The summed E-state index contributed by atoms with van der Waals surface area (Å²) in [5, 5.41) is 23.0. The Morgan fingerprint density at radius 3 is 2.14 bits per heavy atom. The minimum atomic E-state index is -1.24. The number of carbonyl (C=O) groups excluding carboxylic acids is 1. The Kier molecular flexibility index (Phi) is 8.07.